The minimum absolute atomic E-state index is 0. The van der Waals surface area contributed by atoms with Crippen molar-refractivity contribution >= 4 is 35.3 Å². The van der Waals surface area contributed by atoms with Gasteiger partial charge in [-0.3, -0.25) is 9.59 Å². The van der Waals surface area contributed by atoms with E-state index in [1.54, 1.807) is 0 Å². The molecule has 1 fully saturated rings. The second kappa shape index (κ2) is 6.54. The third-order valence-corrected chi connectivity index (χ3v) is 4.01. The highest BCUT2D eigenvalue weighted by Gasteiger charge is 2.33. The van der Waals surface area contributed by atoms with Crippen LogP contribution < -0.4 is 0 Å². The van der Waals surface area contributed by atoms with Gasteiger partial charge in [0, 0.05) is 13.1 Å². The summed E-state index contributed by atoms with van der Waals surface area (Å²) in [6.07, 6.45) is 1.94. The quantitative estimate of drug-likeness (QED) is 0.877. The number of H-pyrrole nitrogens is 1. The average Bonchev–Trinajstić information content (AvgIpc) is 2.92. The summed E-state index contributed by atoms with van der Waals surface area (Å²) in [6, 6.07) is 2.43. The second-order valence-electron chi connectivity index (χ2n) is 5.84. The number of rotatable bonds is 2. The molecule has 124 valence electrons. The van der Waals surface area contributed by atoms with Crippen molar-refractivity contribution in [2.24, 2.45) is 11.8 Å². The van der Waals surface area contributed by atoms with Crippen molar-refractivity contribution in [3.8, 4) is 0 Å². The number of aliphatic carboxylic acids is 1. The van der Waals surface area contributed by atoms with Crippen LogP contribution in [0.3, 0.4) is 0 Å². The molecule has 8 heteroatoms. The van der Waals surface area contributed by atoms with E-state index in [4.69, 9.17) is 0 Å². The number of halogens is 2. The molecule has 1 aliphatic heterocycles. The fourth-order valence-electron chi connectivity index (χ4n) is 3.04. The molecule has 1 saturated heterocycles. The molecular weight excluding hydrogens is 325 g/mol. The Hall–Kier alpha value is -2.15. The molecule has 0 spiro atoms. The highest BCUT2D eigenvalue weighted by Crippen LogP contribution is 2.25. The van der Waals surface area contributed by atoms with Crippen LogP contribution in [0.1, 0.15) is 23.7 Å². The normalized spacial score (nSPS) is 21.0. The van der Waals surface area contributed by atoms with Crippen molar-refractivity contribution in [3.05, 3.63) is 29.8 Å². The molecule has 1 aliphatic rings. The van der Waals surface area contributed by atoms with Gasteiger partial charge in [0.15, 0.2) is 0 Å². The fourth-order valence-corrected chi connectivity index (χ4v) is 3.04. The average molecular weight is 342 g/mol. The summed E-state index contributed by atoms with van der Waals surface area (Å²) in [5, 5.41) is 9.19. The Bertz CT molecular complexity index is 749. The maximum atomic E-state index is 13.7. The Morgan fingerprint density at radius 3 is 2.83 bits per heavy atom. The highest BCUT2D eigenvalue weighted by molar-refractivity contribution is 6.05. The maximum absolute atomic E-state index is 13.7. The number of piperidine rings is 1. The maximum Gasteiger partial charge on any atom is 0.308 e. The van der Waals surface area contributed by atoms with Crippen molar-refractivity contribution in [1.82, 2.24) is 14.9 Å². The van der Waals surface area contributed by atoms with Gasteiger partial charge in [-0.2, -0.15) is 0 Å². The summed E-state index contributed by atoms with van der Waals surface area (Å²) < 4.78 is 13.7. The van der Waals surface area contributed by atoms with E-state index in [2.05, 4.69) is 9.97 Å². The Morgan fingerprint density at radius 1 is 1.39 bits per heavy atom. The van der Waals surface area contributed by atoms with Crippen LogP contribution in [0.25, 0.3) is 11.0 Å². The van der Waals surface area contributed by atoms with E-state index < -0.39 is 17.7 Å². The zero-order valence-electron chi connectivity index (χ0n) is 12.5. The molecule has 3 rings (SSSR count). The largest absolute Gasteiger partial charge is 0.481 e. The fraction of sp³-hybridized carbons (Fsp3) is 0.400. The second-order valence-corrected chi connectivity index (χ2v) is 5.84. The van der Waals surface area contributed by atoms with Crippen LogP contribution in [0.4, 0.5) is 4.39 Å². The minimum Gasteiger partial charge on any atom is -0.481 e. The molecule has 0 saturated carbocycles. The van der Waals surface area contributed by atoms with Gasteiger partial charge in [0.2, 0.25) is 0 Å². The zero-order chi connectivity index (χ0) is 15.9. The number of benzene rings is 1. The number of hydrogen-bond donors (Lipinski definition) is 2. The van der Waals surface area contributed by atoms with Crippen molar-refractivity contribution in [1.29, 1.82) is 0 Å². The lowest BCUT2D eigenvalue weighted by molar-refractivity contribution is -0.143. The number of likely N-dealkylation sites (tertiary alicyclic amines) is 1. The van der Waals surface area contributed by atoms with Crippen LogP contribution in [0.2, 0.25) is 0 Å². The molecule has 2 N–H and O–H groups in total. The van der Waals surface area contributed by atoms with Crippen LogP contribution in [0.15, 0.2) is 18.5 Å². The smallest absolute Gasteiger partial charge is 0.308 e. The summed E-state index contributed by atoms with van der Waals surface area (Å²) in [5.41, 5.74) is 1.01. The number of nitrogens with one attached hydrogen (secondary N) is 1. The molecule has 23 heavy (non-hydrogen) atoms. The van der Waals surface area contributed by atoms with Gasteiger partial charge in [-0.15, -0.1) is 12.4 Å². The summed E-state index contributed by atoms with van der Waals surface area (Å²) >= 11 is 0. The molecular formula is C15H17ClFN3O3. The lowest BCUT2D eigenvalue weighted by atomic mass is 9.90. The first-order chi connectivity index (χ1) is 10.5. The number of hydrogen-bond acceptors (Lipinski definition) is 3. The number of carbonyl (C=O) groups excluding carboxylic acids is 1. The third kappa shape index (κ3) is 3.29. The molecule has 2 unspecified atom stereocenters. The number of aromatic amines is 1. The monoisotopic (exact) mass is 341 g/mol. The standard InChI is InChI=1S/C15H16FN3O3.ClH/c1-8-2-9(15(21)22)6-19(5-8)14(20)11-3-10(16)4-12-13(11)18-7-17-12;/h3-4,7-9H,2,5-6H2,1H3,(H,17,18)(H,21,22);1H. The number of carboxylic acids is 1. The lowest BCUT2D eigenvalue weighted by Gasteiger charge is -2.34. The third-order valence-electron chi connectivity index (χ3n) is 4.01. The number of carbonyl (C=O) groups is 2. The Labute approximate surface area is 138 Å². The molecule has 1 amide bonds. The minimum atomic E-state index is -0.909. The summed E-state index contributed by atoms with van der Waals surface area (Å²) in [4.78, 5) is 32.2. The van der Waals surface area contributed by atoms with Crippen molar-refractivity contribution in [3.63, 3.8) is 0 Å². The number of carboxylic acid groups (broad SMARTS) is 1. The van der Waals surface area contributed by atoms with Gasteiger partial charge in [-0.05, 0) is 24.5 Å². The van der Waals surface area contributed by atoms with Gasteiger partial charge in [-0.1, -0.05) is 6.92 Å². The van der Waals surface area contributed by atoms with Crippen LogP contribution in [-0.2, 0) is 4.79 Å². The van der Waals surface area contributed by atoms with Gasteiger partial charge in [0.25, 0.3) is 5.91 Å². The number of imidazole rings is 1. The van der Waals surface area contributed by atoms with E-state index in [1.165, 1.54) is 17.3 Å². The van der Waals surface area contributed by atoms with Crippen LogP contribution in [0.5, 0.6) is 0 Å². The van der Waals surface area contributed by atoms with E-state index in [-0.39, 0.29) is 36.3 Å². The van der Waals surface area contributed by atoms with Gasteiger partial charge < -0.3 is 15.0 Å². The van der Waals surface area contributed by atoms with Crippen LogP contribution in [0, 0.1) is 17.7 Å². The van der Waals surface area contributed by atoms with E-state index in [9.17, 15) is 19.1 Å². The molecule has 2 aromatic rings. The first-order valence-electron chi connectivity index (χ1n) is 7.10. The van der Waals surface area contributed by atoms with Crippen molar-refractivity contribution in [2.45, 2.75) is 13.3 Å². The molecule has 6 nitrogen and oxygen atoms in total. The van der Waals surface area contributed by atoms with E-state index >= 15 is 0 Å². The highest BCUT2D eigenvalue weighted by atomic mass is 35.5. The van der Waals surface area contributed by atoms with Crippen LogP contribution >= 0.6 is 12.4 Å². The predicted molar refractivity (Wildman–Crippen MR) is 84.1 cm³/mol. The number of aromatic nitrogens is 2. The first-order valence-corrected chi connectivity index (χ1v) is 7.10. The van der Waals surface area contributed by atoms with Crippen molar-refractivity contribution in [2.75, 3.05) is 13.1 Å². The van der Waals surface area contributed by atoms with Crippen molar-refractivity contribution < 1.29 is 19.1 Å². The number of fused-ring (bicyclic) bond motifs is 1. The predicted octanol–water partition coefficient (Wildman–Crippen LogP) is 2.31. The summed E-state index contributed by atoms with van der Waals surface area (Å²) in [6.45, 7) is 2.51. The SMILES string of the molecule is CC1CC(C(=O)O)CN(C(=O)c2cc(F)cc3[nH]cnc23)C1.Cl. The zero-order valence-corrected chi connectivity index (χ0v) is 13.3. The molecule has 1 aromatic carbocycles. The molecule has 1 aromatic heterocycles. The van der Waals surface area contributed by atoms with Gasteiger partial charge in [0.05, 0.1) is 23.3 Å². The van der Waals surface area contributed by atoms with E-state index in [1.807, 2.05) is 6.92 Å². The van der Waals surface area contributed by atoms with Crippen LogP contribution in [-0.4, -0.2) is 44.9 Å². The lowest BCUT2D eigenvalue weighted by Crippen LogP contribution is -2.45. The summed E-state index contributed by atoms with van der Waals surface area (Å²) in [5.74, 6) is -2.32. The first kappa shape index (κ1) is 17.2. The Kier molecular flexibility index (Phi) is 4.89. The molecule has 0 bridgehead atoms. The topological polar surface area (TPSA) is 86.3 Å². The summed E-state index contributed by atoms with van der Waals surface area (Å²) in [7, 11) is 0. The number of nitrogens with zero attached hydrogens (tertiary/aromatic N) is 2. The van der Waals surface area contributed by atoms with E-state index in [0.717, 1.165) is 6.07 Å². The molecule has 2 heterocycles. The van der Waals surface area contributed by atoms with Gasteiger partial charge in [-0.25, -0.2) is 9.37 Å². The van der Waals surface area contributed by atoms with Gasteiger partial charge >= 0.3 is 5.97 Å². The Morgan fingerprint density at radius 2 is 2.13 bits per heavy atom. The molecule has 0 aliphatic carbocycles. The number of amides is 1. The van der Waals surface area contributed by atoms with E-state index in [0.29, 0.717) is 24.0 Å². The molecule has 0 radical (unpaired) electrons. The molecule has 2 atom stereocenters. The van der Waals surface area contributed by atoms with Gasteiger partial charge in [0.1, 0.15) is 11.3 Å². The Balaban J connectivity index is 0.00000192.